The molecule has 2 aromatic rings. The Morgan fingerprint density at radius 3 is 2.84 bits per heavy atom. The van der Waals surface area contributed by atoms with E-state index < -0.39 is 0 Å². The summed E-state index contributed by atoms with van der Waals surface area (Å²) in [6, 6.07) is 7.90. The van der Waals surface area contributed by atoms with Gasteiger partial charge in [-0.2, -0.15) is 0 Å². The van der Waals surface area contributed by atoms with Crippen LogP contribution >= 0.6 is 0 Å². The quantitative estimate of drug-likeness (QED) is 0.848. The number of para-hydroxylation sites is 2. The van der Waals surface area contributed by atoms with Gasteiger partial charge in [0.2, 0.25) is 0 Å². The van der Waals surface area contributed by atoms with Crippen molar-refractivity contribution < 1.29 is 9.53 Å². The van der Waals surface area contributed by atoms with Gasteiger partial charge in [-0.3, -0.25) is 0 Å². The first-order chi connectivity index (χ1) is 12.3. The van der Waals surface area contributed by atoms with Gasteiger partial charge >= 0.3 is 6.03 Å². The Morgan fingerprint density at radius 2 is 2.12 bits per heavy atom. The summed E-state index contributed by atoms with van der Waals surface area (Å²) in [5, 5.41) is 3.03. The van der Waals surface area contributed by atoms with E-state index in [2.05, 4.69) is 15.3 Å². The topological polar surface area (TPSA) is 70.2 Å². The van der Waals surface area contributed by atoms with E-state index in [0.29, 0.717) is 19.0 Å². The third-order valence-corrected chi connectivity index (χ3v) is 5.28. The lowest BCUT2D eigenvalue weighted by molar-refractivity contribution is 0.0720. The first-order valence-electron chi connectivity index (χ1n) is 9.36. The van der Waals surface area contributed by atoms with E-state index in [1.807, 2.05) is 29.2 Å². The second-order valence-electron chi connectivity index (χ2n) is 7.20. The molecular formula is C19H26N4O2. The van der Waals surface area contributed by atoms with Crippen LogP contribution in [-0.4, -0.2) is 46.7 Å². The van der Waals surface area contributed by atoms with Crippen LogP contribution in [0.1, 0.15) is 37.9 Å². The fourth-order valence-corrected chi connectivity index (χ4v) is 3.62. The average Bonchev–Trinajstić information content (AvgIpc) is 3.23. The van der Waals surface area contributed by atoms with Crippen LogP contribution in [0, 0.1) is 5.92 Å². The Hall–Kier alpha value is -2.08. The third kappa shape index (κ3) is 3.95. The van der Waals surface area contributed by atoms with Gasteiger partial charge in [0.1, 0.15) is 5.82 Å². The molecule has 6 heteroatoms. The molecule has 1 saturated carbocycles. The van der Waals surface area contributed by atoms with Crippen molar-refractivity contribution in [3.05, 3.63) is 30.1 Å². The van der Waals surface area contributed by atoms with Gasteiger partial charge in [0.05, 0.1) is 23.7 Å². The summed E-state index contributed by atoms with van der Waals surface area (Å²) in [6.45, 7) is 2.77. The molecule has 25 heavy (non-hydrogen) atoms. The third-order valence-electron chi connectivity index (χ3n) is 5.28. The van der Waals surface area contributed by atoms with Crippen molar-refractivity contribution in [3.63, 3.8) is 0 Å². The molecule has 1 saturated heterocycles. The second-order valence-corrected chi connectivity index (χ2v) is 7.20. The van der Waals surface area contributed by atoms with Crippen LogP contribution in [0.4, 0.5) is 4.79 Å². The fraction of sp³-hybridized carbons (Fsp3) is 0.579. The summed E-state index contributed by atoms with van der Waals surface area (Å²) in [6.07, 6.45) is 6.11. The van der Waals surface area contributed by atoms with Crippen molar-refractivity contribution in [2.75, 3.05) is 19.7 Å². The summed E-state index contributed by atoms with van der Waals surface area (Å²) in [5.41, 5.74) is 1.93. The molecule has 0 spiro atoms. The number of amides is 2. The molecule has 0 unspecified atom stereocenters. The van der Waals surface area contributed by atoms with Gasteiger partial charge in [-0.25, -0.2) is 9.78 Å². The number of hydrogen-bond donors (Lipinski definition) is 2. The Morgan fingerprint density at radius 1 is 1.24 bits per heavy atom. The van der Waals surface area contributed by atoms with Crippen LogP contribution in [-0.2, 0) is 11.3 Å². The fourth-order valence-electron chi connectivity index (χ4n) is 3.62. The molecule has 2 amide bonds. The summed E-state index contributed by atoms with van der Waals surface area (Å²) in [4.78, 5) is 22.4. The zero-order valence-electron chi connectivity index (χ0n) is 14.5. The zero-order chi connectivity index (χ0) is 17.1. The van der Waals surface area contributed by atoms with Gasteiger partial charge < -0.3 is 19.9 Å². The summed E-state index contributed by atoms with van der Waals surface area (Å²) in [5.74, 6) is 1.44. The molecule has 4 rings (SSSR count). The molecule has 6 nitrogen and oxygen atoms in total. The first kappa shape index (κ1) is 16.4. The maximum atomic E-state index is 12.7. The minimum atomic E-state index is -0.0112. The number of urea groups is 1. The number of ether oxygens (including phenoxy) is 1. The predicted molar refractivity (Wildman–Crippen MR) is 96.2 cm³/mol. The van der Waals surface area contributed by atoms with Crippen LogP contribution in [0.2, 0.25) is 0 Å². The highest BCUT2D eigenvalue weighted by Gasteiger charge is 2.27. The number of hydrogen-bond acceptors (Lipinski definition) is 3. The van der Waals surface area contributed by atoms with Crippen LogP contribution in [0.25, 0.3) is 11.0 Å². The van der Waals surface area contributed by atoms with E-state index in [0.717, 1.165) is 42.9 Å². The average molecular weight is 342 g/mol. The minimum absolute atomic E-state index is 0.0112. The van der Waals surface area contributed by atoms with E-state index in [-0.39, 0.29) is 12.1 Å². The largest absolute Gasteiger partial charge is 0.376 e. The molecular weight excluding hydrogens is 316 g/mol. The number of nitrogens with zero attached hydrogens (tertiary/aromatic N) is 2. The lowest BCUT2D eigenvalue weighted by Crippen LogP contribution is -2.46. The van der Waals surface area contributed by atoms with Gasteiger partial charge in [-0.15, -0.1) is 0 Å². The van der Waals surface area contributed by atoms with Gasteiger partial charge in [-0.1, -0.05) is 18.6 Å². The standard InChI is InChI=1S/C19H26N4O2/c24-19(20-11-18-21-16-8-1-2-9-17(16)22-18)23(12-14-5-3-6-14)13-15-7-4-10-25-15/h1-2,8-9,14-15H,3-7,10-13H2,(H,20,24)(H,21,22)/t15-/m0/s1. The van der Waals surface area contributed by atoms with Gasteiger partial charge in [0.15, 0.2) is 0 Å². The molecule has 134 valence electrons. The number of H-pyrrole nitrogens is 1. The van der Waals surface area contributed by atoms with E-state index in [4.69, 9.17) is 4.74 Å². The van der Waals surface area contributed by atoms with E-state index in [1.165, 1.54) is 19.3 Å². The minimum Gasteiger partial charge on any atom is -0.376 e. The molecule has 1 atom stereocenters. The zero-order valence-corrected chi connectivity index (χ0v) is 14.5. The number of aromatic nitrogens is 2. The highest BCUT2D eigenvalue weighted by atomic mass is 16.5. The molecule has 2 heterocycles. The van der Waals surface area contributed by atoms with Crippen LogP contribution in [0.15, 0.2) is 24.3 Å². The number of fused-ring (bicyclic) bond motifs is 1. The lowest BCUT2D eigenvalue weighted by Gasteiger charge is -2.33. The molecule has 2 N–H and O–H groups in total. The second kappa shape index (κ2) is 7.44. The maximum absolute atomic E-state index is 12.7. The van der Waals surface area contributed by atoms with Gasteiger partial charge in [0, 0.05) is 19.7 Å². The molecule has 2 fully saturated rings. The normalized spacial score (nSPS) is 20.6. The van der Waals surface area contributed by atoms with E-state index in [9.17, 15) is 4.79 Å². The number of carbonyl (C=O) groups is 1. The Balaban J connectivity index is 1.36. The van der Waals surface area contributed by atoms with Crippen molar-refractivity contribution in [1.29, 1.82) is 0 Å². The molecule has 1 aromatic carbocycles. The monoisotopic (exact) mass is 342 g/mol. The Kier molecular flexibility index (Phi) is 4.88. The first-order valence-corrected chi connectivity index (χ1v) is 9.36. The van der Waals surface area contributed by atoms with Gasteiger partial charge in [0.25, 0.3) is 0 Å². The van der Waals surface area contributed by atoms with Crippen molar-refractivity contribution in [1.82, 2.24) is 20.2 Å². The van der Waals surface area contributed by atoms with Crippen LogP contribution < -0.4 is 5.32 Å². The number of imidazole rings is 1. The van der Waals surface area contributed by atoms with Crippen molar-refractivity contribution >= 4 is 17.1 Å². The smallest absolute Gasteiger partial charge is 0.317 e. The van der Waals surface area contributed by atoms with Crippen molar-refractivity contribution in [3.8, 4) is 0 Å². The summed E-state index contributed by atoms with van der Waals surface area (Å²) >= 11 is 0. The number of benzene rings is 1. The predicted octanol–water partition coefficient (Wildman–Crippen LogP) is 3.05. The van der Waals surface area contributed by atoms with Crippen LogP contribution in [0.3, 0.4) is 0 Å². The SMILES string of the molecule is O=C(NCc1nc2ccccc2[nH]1)N(CC1CCC1)C[C@@H]1CCCO1. The molecule has 2 aliphatic rings. The molecule has 1 aliphatic heterocycles. The number of rotatable bonds is 6. The summed E-state index contributed by atoms with van der Waals surface area (Å²) < 4.78 is 5.73. The number of aromatic amines is 1. The van der Waals surface area contributed by atoms with Crippen LogP contribution in [0.5, 0.6) is 0 Å². The lowest BCUT2D eigenvalue weighted by atomic mass is 9.85. The summed E-state index contributed by atoms with van der Waals surface area (Å²) in [7, 11) is 0. The highest BCUT2D eigenvalue weighted by molar-refractivity contribution is 5.76. The Labute approximate surface area is 147 Å². The maximum Gasteiger partial charge on any atom is 0.317 e. The number of nitrogens with one attached hydrogen (secondary N) is 2. The molecule has 1 aliphatic carbocycles. The van der Waals surface area contributed by atoms with E-state index >= 15 is 0 Å². The number of carbonyl (C=O) groups excluding carboxylic acids is 1. The molecule has 0 radical (unpaired) electrons. The molecule has 1 aromatic heterocycles. The van der Waals surface area contributed by atoms with Crippen molar-refractivity contribution in [2.45, 2.75) is 44.8 Å². The van der Waals surface area contributed by atoms with E-state index in [1.54, 1.807) is 0 Å². The molecule has 0 bridgehead atoms. The Bertz CT molecular complexity index is 686. The van der Waals surface area contributed by atoms with Gasteiger partial charge in [-0.05, 0) is 43.7 Å². The van der Waals surface area contributed by atoms with Crippen molar-refractivity contribution in [2.24, 2.45) is 5.92 Å². The highest BCUT2D eigenvalue weighted by Crippen LogP contribution is 2.27.